The lowest BCUT2D eigenvalue weighted by molar-refractivity contribution is -0.152. The van der Waals surface area contributed by atoms with Crippen LogP contribution < -0.4 is 16.0 Å². The zero-order chi connectivity index (χ0) is 36.9. The minimum atomic E-state index is -0.982. The van der Waals surface area contributed by atoms with Gasteiger partial charge in [0.15, 0.2) is 0 Å². The van der Waals surface area contributed by atoms with Crippen molar-refractivity contribution in [2.75, 3.05) is 39.3 Å². The summed E-state index contributed by atoms with van der Waals surface area (Å²) in [5.74, 6) is -0.205. The molecule has 2 aromatic rings. The lowest BCUT2D eigenvalue weighted by Crippen LogP contribution is -2.65. The zero-order valence-electron chi connectivity index (χ0n) is 31.8. The minimum absolute atomic E-state index is 0.0118. The Balaban J connectivity index is 1.49. The van der Waals surface area contributed by atoms with E-state index in [2.05, 4.69) is 57.2 Å². The molecule has 9 nitrogen and oxygen atoms in total. The first-order valence-corrected chi connectivity index (χ1v) is 20.3. The maximum absolute atomic E-state index is 14.4. The molecule has 1 atom stereocenters. The molecule has 0 aromatic heterocycles. The highest BCUT2D eigenvalue weighted by molar-refractivity contribution is 5.92. The monoisotopic (exact) mass is 716 g/mol. The summed E-state index contributed by atoms with van der Waals surface area (Å²) in [7, 11) is 0. The van der Waals surface area contributed by atoms with Gasteiger partial charge < -0.3 is 20.9 Å². The highest BCUT2D eigenvalue weighted by atomic mass is 16.2. The van der Waals surface area contributed by atoms with Crippen molar-refractivity contribution in [3.05, 3.63) is 71.8 Å². The van der Waals surface area contributed by atoms with Crippen molar-refractivity contribution in [1.82, 2.24) is 25.8 Å². The van der Waals surface area contributed by atoms with E-state index in [0.717, 1.165) is 70.0 Å². The van der Waals surface area contributed by atoms with Gasteiger partial charge in [-0.3, -0.25) is 24.1 Å². The van der Waals surface area contributed by atoms with E-state index in [-0.39, 0.29) is 36.0 Å². The van der Waals surface area contributed by atoms with Crippen molar-refractivity contribution < 1.29 is 19.2 Å². The molecular formula is C43H65N5O4. The molecule has 0 radical (unpaired) electrons. The first-order chi connectivity index (χ1) is 25.4. The van der Waals surface area contributed by atoms with E-state index < -0.39 is 5.54 Å². The summed E-state index contributed by atoms with van der Waals surface area (Å²) < 4.78 is 0. The lowest BCUT2D eigenvalue weighted by atomic mass is 9.83. The molecule has 286 valence electrons. The normalized spacial score (nSPS) is 22.2. The third-order valence-corrected chi connectivity index (χ3v) is 10.8. The fourth-order valence-electron chi connectivity index (χ4n) is 7.68. The second-order valence-electron chi connectivity index (χ2n) is 15.2. The van der Waals surface area contributed by atoms with Crippen LogP contribution in [0.3, 0.4) is 0 Å². The van der Waals surface area contributed by atoms with Crippen LogP contribution in [-0.2, 0) is 32.1 Å². The molecule has 0 bridgehead atoms. The van der Waals surface area contributed by atoms with E-state index in [1.807, 2.05) is 36.1 Å². The second-order valence-corrected chi connectivity index (χ2v) is 15.2. The third-order valence-electron chi connectivity index (χ3n) is 10.8. The standard InChI is InChI=1S/C43H65N5O4/c1-36-33-40(50)45-28-17-7-5-3-2-4-6-16-27-44-39(49)23-15-10-18-29-46-42(52)43(25-31-47(32-26-43)35-38-21-13-9-14-22-38)48(41(51)34-36)30-24-37-19-11-8-12-20-37/h8-9,11-14,19-22,36H,2-7,10,15-18,23-35H2,1H3,(H,44,49)(H,45,50)(H,46,52). The summed E-state index contributed by atoms with van der Waals surface area (Å²) in [6.45, 7) is 6.50. The Morgan fingerprint density at radius 3 is 1.75 bits per heavy atom. The Bertz CT molecular complexity index is 1350. The number of piperidine rings is 1. The fourth-order valence-corrected chi connectivity index (χ4v) is 7.68. The number of hydrogen-bond donors (Lipinski definition) is 3. The van der Waals surface area contributed by atoms with Gasteiger partial charge in [-0.1, -0.05) is 113 Å². The molecule has 1 spiro atoms. The Morgan fingerprint density at radius 2 is 1.13 bits per heavy atom. The van der Waals surface area contributed by atoms with Crippen molar-refractivity contribution in [3.8, 4) is 0 Å². The number of amides is 4. The van der Waals surface area contributed by atoms with Gasteiger partial charge in [-0.15, -0.1) is 0 Å². The minimum Gasteiger partial charge on any atom is -0.356 e. The van der Waals surface area contributed by atoms with Crippen LogP contribution in [0, 0.1) is 5.92 Å². The molecular weight excluding hydrogens is 651 g/mol. The molecule has 2 saturated heterocycles. The first kappa shape index (κ1) is 41.0. The molecule has 4 rings (SSSR count). The van der Waals surface area contributed by atoms with Gasteiger partial charge in [0.25, 0.3) is 0 Å². The highest BCUT2D eigenvalue weighted by Gasteiger charge is 2.48. The van der Waals surface area contributed by atoms with E-state index >= 15 is 0 Å². The van der Waals surface area contributed by atoms with E-state index in [1.165, 1.54) is 24.8 Å². The summed E-state index contributed by atoms with van der Waals surface area (Å²) in [6.07, 6.45) is 14.1. The molecule has 0 aliphatic carbocycles. The van der Waals surface area contributed by atoms with Crippen LogP contribution in [-0.4, -0.2) is 78.2 Å². The number of nitrogens with zero attached hydrogens (tertiary/aromatic N) is 2. The Morgan fingerprint density at radius 1 is 0.615 bits per heavy atom. The summed E-state index contributed by atoms with van der Waals surface area (Å²) in [6, 6.07) is 20.5. The number of benzene rings is 2. The van der Waals surface area contributed by atoms with Crippen LogP contribution in [0.5, 0.6) is 0 Å². The number of likely N-dealkylation sites (tertiary alicyclic amines) is 1. The first-order valence-electron chi connectivity index (χ1n) is 20.3. The SMILES string of the molecule is CC1CC(=O)NCCCCCCCCCCNC(=O)CCCCCNC(=O)C2(CCN(Cc3ccccc3)CC2)N(CCc2ccccc2)C(=O)C1. The predicted octanol–water partition coefficient (Wildman–Crippen LogP) is 6.55. The van der Waals surface area contributed by atoms with Crippen molar-refractivity contribution in [2.45, 2.75) is 128 Å². The molecule has 4 amide bonds. The quantitative estimate of drug-likeness (QED) is 0.325. The molecule has 0 saturated carbocycles. The van der Waals surface area contributed by atoms with E-state index in [4.69, 9.17) is 0 Å². The summed E-state index contributed by atoms with van der Waals surface area (Å²) in [4.78, 5) is 58.4. The number of rotatable bonds is 5. The summed E-state index contributed by atoms with van der Waals surface area (Å²) in [5.41, 5.74) is 1.37. The molecule has 3 N–H and O–H groups in total. The number of carbonyl (C=O) groups is 4. The van der Waals surface area contributed by atoms with Crippen molar-refractivity contribution >= 4 is 23.6 Å². The van der Waals surface area contributed by atoms with E-state index in [9.17, 15) is 19.2 Å². The van der Waals surface area contributed by atoms with E-state index in [0.29, 0.717) is 64.8 Å². The van der Waals surface area contributed by atoms with Gasteiger partial charge in [-0.2, -0.15) is 0 Å². The topological polar surface area (TPSA) is 111 Å². The molecule has 1 unspecified atom stereocenters. The van der Waals surface area contributed by atoms with Crippen LogP contribution in [0.15, 0.2) is 60.7 Å². The Labute approximate surface area is 313 Å². The van der Waals surface area contributed by atoms with Gasteiger partial charge in [0.2, 0.25) is 23.6 Å². The lowest BCUT2D eigenvalue weighted by Gasteiger charge is -2.48. The fraction of sp³-hybridized carbons (Fsp3) is 0.628. The smallest absolute Gasteiger partial charge is 0.246 e. The largest absolute Gasteiger partial charge is 0.356 e. The van der Waals surface area contributed by atoms with Crippen LogP contribution in [0.25, 0.3) is 0 Å². The molecule has 2 heterocycles. The van der Waals surface area contributed by atoms with Crippen molar-refractivity contribution in [2.24, 2.45) is 5.92 Å². The van der Waals surface area contributed by atoms with Crippen LogP contribution in [0.1, 0.15) is 121 Å². The predicted molar refractivity (Wildman–Crippen MR) is 208 cm³/mol. The number of nitrogens with one attached hydrogen (secondary N) is 3. The molecule has 2 aliphatic heterocycles. The van der Waals surface area contributed by atoms with Crippen LogP contribution >= 0.6 is 0 Å². The number of carbonyl (C=O) groups excluding carboxylic acids is 4. The van der Waals surface area contributed by atoms with Crippen molar-refractivity contribution in [3.63, 3.8) is 0 Å². The molecule has 2 aromatic carbocycles. The van der Waals surface area contributed by atoms with Gasteiger partial charge >= 0.3 is 0 Å². The van der Waals surface area contributed by atoms with Crippen molar-refractivity contribution in [1.29, 1.82) is 0 Å². The average Bonchev–Trinajstić information content (AvgIpc) is 3.14. The Kier molecular flexibility index (Phi) is 18.2. The van der Waals surface area contributed by atoms with Gasteiger partial charge in [0.05, 0.1) is 0 Å². The molecule has 2 aliphatic rings. The zero-order valence-corrected chi connectivity index (χ0v) is 31.8. The molecule has 52 heavy (non-hydrogen) atoms. The summed E-state index contributed by atoms with van der Waals surface area (Å²) in [5, 5.41) is 9.38. The molecule has 9 heteroatoms. The van der Waals surface area contributed by atoms with Gasteiger partial charge in [0.1, 0.15) is 5.54 Å². The summed E-state index contributed by atoms with van der Waals surface area (Å²) >= 11 is 0. The maximum atomic E-state index is 14.4. The van der Waals surface area contributed by atoms with Crippen LogP contribution in [0.4, 0.5) is 0 Å². The average molecular weight is 716 g/mol. The maximum Gasteiger partial charge on any atom is 0.246 e. The van der Waals surface area contributed by atoms with Gasteiger partial charge in [0, 0.05) is 65.1 Å². The number of hydrogen-bond acceptors (Lipinski definition) is 5. The highest BCUT2D eigenvalue weighted by Crippen LogP contribution is 2.32. The van der Waals surface area contributed by atoms with E-state index in [1.54, 1.807) is 0 Å². The van der Waals surface area contributed by atoms with Crippen LogP contribution in [0.2, 0.25) is 0 Å². The molecule has 2 fully saturated rings. The van der Waals surface area contributed by atoms with Gasteiger partial charge in [-0.25, -0.2) is 0 Å². The van der Waals surface area contributed by atoms with Gasteiger partial charge in [-0.05, 0) is 62.0 Å². The second kappa shape index (κ2) is 23.1. The Hall–Kier alpha value is -3.72. The third kappa shape index (κ3) is 14.4.